The van der Waals surface area contributed by atoms with Gasteiger partial charge in [0.25, 0.3) is 0 Å². The first kappa shape index (κ1) is 35.8. The third-order valence-corrected chi connectivity index (χ3v) is 13.3. The fourth-order valence-corrected chi connectivity index (χ4v) is 10.7. The predicted molar refractivity (Wildman–Crippen MR) is 185 cm³/mol. The second-order valence-electron chi connectivity index (χ2n) is 16.6. The molecule has 44 heavy (non-hydrogen) atoms. The van der Waals surface area contributed by atoms with E-state index >= 15 is 0 Å². The SMILES string of the molecule is CC(C)CCC[C@@H](C)[C@H]1CC[C@H]2[C@@H]3CC=C4C[C@@H](OC(=O)N(CCCN)CCCCCCCCN)CC[C@]4(C)[C@H]3CC[C@]12C. The number of carbonyl (C=O) groups is 1. The summed E-state index contributed by atoms with van der Waals surface area (Å²) < 4.78 is 6.25. The van der Waals surface area contributed by atoms with Gasteiger partial charge in [-0.05, 0) is 124 Å². The van der Waals surface area contributed by atoms with Crippen LogP contribution in [0.25, 0.3) is 0 Å². The van der Waals surface area contributed by atoms with Crippen LogP contribution in [-0.4, -0.2) is 43.3 Å². The minimum Gasteiger partial charge on any atom is -0.446 e. The monoisotopic (exact) mass is 614 g/mol. The molecule has 4 N–H and O–H groups in total. The Kier molecular flexibility index (Phi) is 13.5. The minimum atomic E-state index is -0.114. The molecule has 0 unspecified atom stereocenters. The van der Waals surface area contributed by atoms with Crippen molar-refractivity contribution in [2.45, 2.75) is 156 Å². The maximum atomic E-state index is 13.4. The highest BCUT2D eigenvalue weighted by molar-refractivity contribution is 5.67. The number of nitrogens with two attached hydrogens (primary N) is 2. The summed E-state index contributed by atoms with van der Waals surface area (Å²) in [6.45, 7) is 15.5. The van der Waals surface area contributed by atoms with E-state index in [1.165, 1.54) is 77.0 Å². The van der Waals surface area contributed by atoms with E-state index in [2.05, 4.69) is 40.7 Å². The maximum absolute atomic E-state index is 13.4. The van der Waals surface area contributed by atoms with Crippen LogP contribution in [0.5, 0.6) is 0 Å². The average Bonchev–Trinajstić information content (AvgIpc) is 3.35. The van der Waals surface area contributed by atoms with Gasteiger partial charge in [-0.1, -0.05) is 91.2 Å². The van der Waals surface area contributed by atoms with Crippen LogP contribution < -0.4 is 11.5 Å². The quantitative estimate of drug-likeness (QED) is 0.126. The largest absolute Gasteiger partial charge is 0.446 e. The van der Waals surface area contributed by atoms with Gasteiger partial charge in [0, 0.05) is 19.5 Å². The van der Waals surface area contributed by atoms with Gasteiger partial charge in [-0.15, -0.1) is 0 Å². The van der Waals surface area contributed by atoms with Crippen LogP contribution in [-0.2, 0) is 4.74 Å². The highest BCUT2D eigenvalue weighted by Crippen LogP contribution is 2.67. The summed E-state index contributed by atoms with van der Waals surface area (Å²) in [6.07, 6.45) is 24.6. The molecule has 0 spiro atoms. The standard InChI is InChI=1S/C39H71N3O2/c1-29(2)14-12-15-30(3)34-18-19-35-33-17-16-31-28-32(20-22-38(31,4)36(33)21-23-39(34,35)5)44-37(43)42(27-13-25-41)26-11-9-7-6-8-10-24-40/h16,29-30,32-36H,6-15,17-28,40-41H2,1-5H3/t30-,32+,33+,34-,35+,36+,38+,39-/m1/s1. The summed E-state index contributed by atoms with van der Waals surface area (Å²) in [4.78, 5) is 15.3. The molecule has 1 amide bonds. The molecular weight excluding hydrogens is 542 g/mol. The lowest BCUT2D eigenvalue weighted by atomic mass is 9.47. The first-order valence-electron chi connectivity index (χ1n) is 19.2. The first-order chi connectivity index (χ1) is 21.1. The van der Waals surface area contributed by atoms with Gasteiger partial charge in [0.05, 0.1) is 0 Å². The van der Waals surface area contributed by atoms with Crippen molar-refractivity contribution < 1.29 is 9.53 Å². The molecule has 5 heteroatoms. The zero-order chi connectivity index (χ0) is 31.7. The molecule has 3 saturated carbocycles. The summed E-state index contributed by atoms with van der Waals surface area (Å²) >= 11 is 0. The average molecular weight is 614 g/mol. The van der Waals surface area contributed by atoms with Crippen LogP contribution in [0, 0.1) is 46.3 Å². The second-order valence-corrected chi connectivity index (χ2v) is 16.6. The number of hydrogen-bond acceptors (Lipinski definition) is 4. The summed E-state index contributed by atoms with van der Waals surface area (Å²) in [5.41, 5.74) is 13.9. The van der Waals surface area contributed by atoms with Crippen LogP contribution in [0.1, 0.15) is 150 Å². The lowest BCUT2D eigenvalue weighted by molar-refractivity contribution is -0.0593. The summed E-state index contributed by atoms with van der Waals surface area (Å²) in [5.74, 6) is 5.14. The highest BCUT2D eigenvalue weighted by Gasteiger charge is 2.59. The molecule has 0 radical (unpaired) electrons. The smallest absolute Gasteiger partial charge is 0.410 e. The molecule has 0 saturated heterocycles. The van der Waals surface area contributed by atoms with Gasteiger partial charge >= 0.3 is 6.09 Å². The van der Waals surface area contributed by atoms with E-state index < -0.39 is 0 Å². The molecule has 5 nitrogen and oxygen atoms in total. The van der Waals surface area contributed by atoms with Crippen LogP contribution >= 0.6 is 0 Å². The molecule has 0 bridgehead atoms. The zero-order valence-electron chi connectivity index (χ0n) is 29.6. The van der Waals surface area contributed by atoms with E-state index in [9.17, 15) is 4.79 Å². The van der Waals surface area contributed by atoms with Gasteiger partial charge in [0.2, 0.25) is 0 Å². The number of ether oxygens (including phenoxy) is 1. The van der Waals surface area contributed by atoms with Crippen molar-refractivity contribution in [1.29, 1.82) is 0 Å². The maximum Gasteiger partial charge on any atom is 0.410 e. The van der Waals surface area contributed by atoms with E-state index in [-0.39, 0.29) is 17.6 Å². The number of unbranched alkanes of at least 4 members (excludes halogenated alkanes) is 5. The molecule has 0 heterocycles. The fraction of sp³-hybridized carbons (Fsp3) is 0.923. The Balaban J connectivity index is 1.32. The summed E-state index contributed by atoms with van der Waals surface area (Å²) in [6, 6.07) is 0. The van der Waals surface area contributed by atoms with Crippen molar-refractivity contribution in [3.63, 3.8) is 0 Å². The molecule has 4 aliphatic carbocycles. The van der Waals surface area contributed by atoms with Crippen LogP contribution in [0.15, 0.2) is 11.6 Å². The molecule has 4 aliphatic rings. The Labute approximate surface area is 272 Å². The van der Waals surface area contributed by atoms with E-state index in [0.717, 1.165) is 87.1 Å². The second kappa shape index (κ2) is 16.7. The van der Waals surface area contributed by atoms with Crippen molar-refractivity contribution in [3.8, 4) is 0 Å². The van der Waals surface area contributed by atoms with Gasteiger partial charge in [-0.3, -0.25) is 0 Å². The molecule has 0 aromatic rings. The third-order valence-electron chi connectivity index (χ3n) is 13.3. The lowest BCUT2D eigenvalue weighted by Gasteiger charge is -2.58. The lowest BCUT2D eigenvalue weighted by Crippen LogP contribution is -2.51. The van der Waals surface area contributed by atoms with E-state index in [1.807, 2.05) is 4.90 Å². The van der Waals surface area contributed by atoms with E-state index in [1.54, 1.807) is 5.57 Å². The number of rotatable bonds is 17. The number of nitrogens with zero attached hydrogens (tertiary/aromatic N) is 1. The fourth-order valence-electron chi connectivity index (χ4n) is 10.7. The Morgan fingerprint density at radius 2 is 1.57 bits per heavy atom. The molecule has 4 rings (SSSR count). The molecular formula is C39H71N3O2. The van der Waals surface area contributed by atoms with Crippen molar-refractivity contribution in [2.75, 3.05) is 26.2 Å². The number of fused-ring (bicyclic) bond motifs is 5. The predicted octanol–water partition coefficient (Wildman–Crippen LogP) is 9.48. The first-order valence-corrected chi connectivity index (χ1v) is 19.2. The van der Waals surface area contributed by atoms with E-state index in [0.29, 0.717) is 18.5 Å². The topological polar surface area (TPSA) is 81.6 Å². The van der Waals surface area contributed by atoms with Gasteiger partial charge in [0.1, 0.15) is 6.10 Å². The van der Waals surface area contributed by atoms with Crippen LogP contribution in [0.3, 0.4) is 0 Å². The van der Waals surface area contributed by atoms with Crippen molar-refractivity contribution in [3.05, 3.63) is 11.6 Å². The molecule has 3 fully saturated rings. The van der Waals surface area contributed by atoms with Gasteiger partial charge in [-0.25, -0.2) is 4.79 Å². The Morgan fingerprint density at radius 1 is 0.864 bits per heavy atom. The molecule has 254 valence electrons. The molecule has 8 atom stereocenters. The normalized spacial score (nSPS) is 33.7. The number of carbonyl (C=O) groups excluding carboxylic acids is 1. The van der Waals surface area contributed by atoms with Crippen molar-refractivity contribution >= 4 is 6.09 Å². The van der Waals surface area contributed by atoms with E-state index in [4.69, 9.17) is 16.2 Å². The van der Waals surface area contributed by atoms with Gasteiger partial charge in [-0.2, -0.15) is 0 Å². The highest BCUT2D eigenvalue weighted by atomic mass is 16.6. The number of hydrogen-bond donors (Lipinski definition) is 2. The van der Waals surface area contributed by atoms with Gasteiger partial charge < -0.3 is 21.1 Å². The Morgan fingerprint density at radius 3 is 2.30 bits per heavy atom. The summed E-state index contributed by atoms with van der Waals surface area (Å²) in [5, 5.41) is 0. The van der Waals surface area contributed by atoms with Gasteiger partial charge in [0.15, 0.2) is 0 Å². The molecule has 0 aromatic carbocycles. The Hall–Kier alpha value is -1.07. The van der Waals surface area contributed by atoms with Crippen molar-refractivity contribution in [2.24, 2.45) is 57.8 Å². The molecule has 0 aliphatic heterocycles. The van der Waals surface area contributed by atoms with Crippen molar-refractivity contribution in [1.82, 2.24) is 4.90 Å². The zero-order valence-corrected chi connectivity index (χ0v) is 29.6. The number of amides is 1. The third kappa shape index (κ3) is 8.44. The van der Waals surface area contributed by atoms with Crippen LogP contribution in [0.4, 0.5) is 4.79 Å². The van der Waals surface area contributed by atoms with Crippen LogP contribution in [0.2, 0.25) is 0 Å². The Bertz CT molecular complexity index is 919. The summed E-state index contributed by atoms with van der Waals surface area (Å²) in [7, 11) is 0. The molecule has 0 aromatic heterocycles. The minimum absolute atomic E-state index is 0.0198. The number of allylic oxidation sites excluding steroid dienone is 1.